The minimum absolute atomic E-state index is 0.0171. The average molecular weight is 563 g/mol. The smallest absolute Gasteiger partial charge is 0.373 e. The molecular formula is C27H24F6N6O. The Hall–Kier alpha value is -3.84. The van der Waals surface area contributed by atoms with Crippen LogP contribution in [0.3, 0.4) is 0 Å². The van der Waals surface area contributed by atoms with E-state index in [-0.39, 0.29) is 35.0 Å². The Bertz CT molecular complexity index is 1500. The standard InChI is InChI=1S/C27H24F6N6O/c1-15-12-39(13-16(2)40-15)14-23-37-21-10-17(24-20(26(28,29)30)4-3-9-34-24)5-7-19(21)25(38-23)36-18-6-8-22(35-11-18)27(31,32)33/h3-11,15-16H,12-14H2,1-2H3,(H,36,37,38). The Kier molecular flexibility index (Phi) is 7.36. The fourth-order valence-electron chi connectivity index (χ4n) is 4.74. The molecule has 0 saturated carbocycles. The molecule has 1 fully saturated rings. The fraction of sp³-hybridized carbons (Fsp3) is 0.333. The Morgan fingerprint density at radius 3 is 2.33 bits per heavy atom. The van der Waals surface area contributed by atoms with Crippen molar-refractivity contribution in [1.82, 2.24) is 24.8 Å². The minimum atomic E-state index is -4.61. The van der Waals surface area contributed by atoms with E-state index in [1.165, 1.54) is 30.5 Å². The molecule has 1 aromatic carbocycles. The van der Waals surface area contributed by atoms with Gasteiger partial charge in [-0.05, 0) is 50.2 Å². The first-order valence-electron chi connectivity index (χ1n) is 12.4. The van der Waals surface area contributed by atoms with Crippen LogP contribution in [-0.4, -0.2) is 50.1 Å². The van der Waals surface area contributed by atoms with Gasteiger partial charge in [-0.1, -0.05) is 6.07 Å². The number of anilines is 2. The zero-order valence-corrected chi connectivity index (χ0v) is 21.4. The SMILES string of the molecule is CC1CN(Cc2nc(Nc3ccc(C(F)(F)F)nc3)c3ccc(-c4ncccc4C(F)(F)F)cc3n2)CC(C)O1. The maximum Gasteiger partial charge on any atom is 0.433 e. The van der Waals surface area contributed by atoms with Crippen LogP contribution in [0.1, 0.15) is 30.9 Å². The Labute approximate surface area is 225 Å². The predicted molar refractivity (Wildman–Crippen MR) is 136 cm³/mol. The van der Waals surface area contributed by atoms with Gasteiger partial charge < -0.3 is 10.1 Å². The second kappa shape index (κ2) is 10.6. The lowest BCUT2D eigenvalue weighted by Crippen LogP contribution is -2.45. The monoisotopic (exact) mass is 562 g/mol. The molecule has 0 aliphatic carbocycles. The number of benzene rings is 1. The van der Waals surface area contributed by atoms with Crippen LogP contribution in [0.2, 0.25) is 0 Å². The van der Waals surface area contributed by atoms with E-state index in [2.05, 4.69) is 30.2 Å². The van der Waals surface area contributed by atoms with Crippen molar-refractivity contribution in [3.8, 4) is 11.3 Å². The summed E-state index contributed by atoms with van der Waals surface area (Å²) in [6, 6.07) is 8.79. The van der Waals surface area contributed by atoms with Gasteiger partial charge in [0, 0.05) is 30.2 Å². The van der Waals surface area contributed by atoms with Crippen LogP contribution in [0.4, 0.5) is 37.8 Å². The number of ether oxygens (including phenoxy) is 1. The van der Waals surface area contributed by atoms with Crippen LogP contribution in [0.15, 0.2) is 54.9 Å². The number of halogens is 6. The van der Waals surface area contributed by atoms with E-state index in [1.807, 2.05) is 13.8 Å². The van der Waals surface area contributed by atoms with E-state index in [0.29, 0.717) is 36.4 Å². The van der Waals surface area contributed by atoms with Crippen molar-refractivity contribution in [2.75, 3.05) is 18.4 Å². The summed E-state index contributed by atoms with van der Waals surface area (Å²) in [6.45, 7) is 5.48. The first kappa shape index (κ1) is 27.7. The van der Waals surface area contributed by atoms with Gasteiger partial charge in [0.05, 0.1) is 47.4 Å². The molecule has 1 saturated heterocycles. The van der Waals surface area contributed by atoms with Crippen LogP contribution < -0.4 is 5.32 Å². The number of nitrogens with one attached hydrogen (secondary N) is 1. The fourth-order valence-corrected chi connectivity index (χ4v) is 4.74. The summed E-state index contributed by atoms with van der Waals surface area (Å²) in [5.74, 6) is 0.657. The summed E-state index contributed by atoms with van der Waals surface area (Å²) < 4.78 is 85.7. The van der Waals surface area contributed by atoms with Gasteiger partial charge in [0.2, 0.25) is 0 Å². The van der Waals surface area contributed by atoms with Crippen LogP contribution >= 0.6 is 0 Å². The molecule has 1 aliphatic heterocycles. The van der Waals surface area contributed by atoms with E-state index in [0.717, 1.165) is 18.3 Å². The maximum absolute atomic E-state index is 13.7. The summed E-state index contributed by atoms with van der Waals surface area (Å²) in [5, 5.41) is 3.45. The summed E-state index contributed by atoms with van der Waals surface area (Å²) in [4.78, 5) is 18.8. The predicted octanol–water partition coefficient (Wildman–Crippen LogP) is 6.48. The number of fused-ring (bicyclic) bond motifs is 1. The van der Waals surface area contributed by atoms with Crippen molar-refractivity contribution >= 4 is 22.4 Å². The van der Waals surface area contributed by atoms with Crippen molar-refractivity contribution in [2.24, 2.45) is 0 Å². The molecule has 40 heavy (non-hydrogen) atoms. The average Bonchev–Trinajstić information content (AvgIpc) is 2.87. The number of rotatable bonds is 5. The van der Waals surface area contributed by atoms with Crippen LogP contribution in [-0.2, 0) is 23.6 Å². The number of morpholine rings is 1. The number of alkyl halides is 6. The zero-order valence-electron chi connectivity index (χ0n) is 21.4. The number of pyridine rings is 2. The number of hydrogen-bond donors (Lipinski definition) is 1. The molecule has 1 aliphatic rings. The van der Waals surface area contributed by atoms with Crippen LogP contribution in [0.5, 0.6) is 0 Å². The van der Waals surface area contributed by atoms with Crippen molar-refractivity contribution in [3.05, 3.63) is 71.9 Å². The van der Waals surface area contributed by atoms with Gasteiger partial charge in [-0.25, -0.2) is 15.0 Å². The number of nitrogens with zero attached hydrogens (tertiary/aromatic N) is 5. The second-order valence-corrected chi connectivity index (χ2v) is 9.62. The van der Waals surface area contributed by atoms with Gasteiger partial charge in [-0.2, -0.15) is 26.3 Å². The lowest BCUT2D eigenvalue weighted by Gasteiger charge is -2.34. The third-order valence-corrected chi connectivity index (χ3v) is 6.31. The molecule has 4 aromatic rings. The second-order valence-electron chi connectivity index (χ2n) is 9.62. The lowest BCUT2D eigenvalue weighted by molar-refractivity contribution is -0.141. The first-order valence-corrected chi connectivity index (χ1v) is 12.4. The van der Waals surface area contributed by atoms with E-state index < -0.39 is 23.6 Å². The first-order chi connectivity index (χ1) is 18.9. The van der Waals surface area contributed by atoms with Gasteiger partial charge in [0.25, 0.3) is 0 Å². The highest BCUT2D eigenvalue weighted by Gasteiger charge is 2.34. The highest BCUT2D eigenvalue weighted by atomic mass is 19.4. The molecule has 2 atom stereocenters. The lowest BCUT2D eigenvalue weighted by atomic mass is 10.0. The normalized spacial score (nSPS) is 18.7. The maximum atomic E-state index is 13.7. The summed E-state index contributed by atoms with van der Waals surface area (Å²) in [6.07, 6.45) is -6.91. The van der Waals surface area contributed by atoms with E-state index >= 15 is 0 Å². The molecule has 210 valence electrons. The molecule has 4 heterocycles. The van der Waals surface area contributed by atoms with Crippen LogP contribution in [0, 0.1) is 0 Å². The van der Waals surface area contributed by atoms with Gasteiger partial charge in [-0.15, -0.1) is 0 Å². The van der Waals surface area contributed by atoms with E-state index in [1.54, 1.807) is 6.07 Å². The summed E-state index contributed by atoms with van der Waals surface area (Å²) in [7, 11) is 0. The highest BCUT2D eigenvalue weighted by Crippen LogP contribution is 2.37. The molecule has 3 aromatic heterocycles. The molecule has 5 rings (SSSR count). The highest BCUT2D eigenvalue weighted by molar-refractivity contribution is 5.93. The third kappa shape index (κ3) is 6.15. The molecule has 2 unspecified atom stereocenters. The topological polar surface area (TPSA) is 76.1 Å². The Morgan fingerprint density at radius 2 is 1.68 bits per heavy atom. The number of aromatic nitrogens is 4. The molecular weight excluding hydrogens is 538 g/mol. The number of hydrogen-bond acceptors (Lipinski definition) is 7. The zero-order chi connectivity index (χ0) is 28.7. The molecule has 0 radical (unpaired) electrons. The van der Waals surface area contributed by atoms with E-state index in [4.69, 9.17) is 4.74 Å². The van der Waals surface area contributed by atoms with Crippen molar-refractivity contribution < 1.29 is 31.1 Å². The van der Waals surface area contributed by atoms with Gasteiger partial charge in [0.15, 0.2) is 0 Å². The molecule has 1 N–H and O–H groups in total. The van der Waals surface area contributed by atoms with Crippen molar-refractivity contribution in [2.45, 2.75) is 45.0 Å². The van der Waals surface area contributed by atoms with Crippen molar-refractivity contribution in [3.63, 3.8) is 0 Å². The van der Waals surface area contributed by atoms with Crippen molar-refractivity contribution in [1.29, 1.82) is 0 Å². The molecule has 13 heteroatoms. The summed E-state index contributed by atoms with van der Waals surface area (Å²) >= 11 is 0. The minimum Gasteiger partial charge on any atom is -0.373 e. The Morgan fingerprint density at radius 1 is 0.925 bits per heavy atom. The van der Waals surface area contributed by atoms with Gasteiger partial charge >= 0.3 is 12.4 Å². The molecule has 0 bridgehead atoms. The van der Waals surface area contributed by atoms with Gasteiger partial charge in [0.1, 0.15) is 17.3 Å². The largest absolute Gasteiger partial charge is 0.433 e. The molecule has 0 spiro atoms. The molecule has 7 nitrogen and oxygen atoms in total. The molecule has 0 amide bonds. The quantitative estimate of drug-likeness (QED) is 0.279. The summed E-state index contributed by atoms with van der Waals surface area (Å²) in [5.41, 5.74) is -1.36. The Balaban J connectivity index is 1.57. The van der Waals surface area contributed by atoms with Crippen LogP contribution in [0.25, 0.3) is 22.2 Å². The van der Waals surface area contributed by atoms with Gasteiger partial charge in [-0.3, -0.25) is 9.88 Å². The third-order valence-electron chi connectivity index (χ3n) is 6.31. The van der Waals surface area contributed by atoms with E-state index in [9.17, 15) is 26.3 Å².